The van der Waals surface area contributed by atoms with Crippen LogP contribution in [-0.4, -0.2) is 56.5 Å². The summed E-state index contributed by atoms with van der Waals surface area (Å²) in [6.45, 7) is 4.74. The minimum absolute atomic E-state index is 0.0793. The fourth-order valence-corrected chi connectivity index (χ4v) is 2.22. The molecule has 0 spiro atoms. The normalized spacial score (nSPS) is 10.7. The van der Waals surface area contributed by atoms with E-state index in [4.69, 9.17) is 4.74 Å². The van der Waals surface area contributed by atoms with Gasteiger partial charge >= 0.3 is 0 Å². The first kappa shape index (κ1) is 19.0. The highest BCUT2D eigenvalue weighted by Gasteiger charge is 2.11. The van der Waals surface area contributed by atoms with Crippen molar-refractivity contribution in [1.82, 2.24) is 15.5 Å². The smallest absolute Gasteiger partial charge is 0.234 e. The number of benzene rings is 1. The highest BCUT2D eigenvalue weighted by molar-refractivity contribution is 5.81. The van der Waals surface area contributed by atoms with Gasteiger partial charge in [0.1, 0.15) is 5.75 Å². The number of methoxy groups -OCH3 is 1. The van der Waals surface area contributed by atoms with Crippen molar-refractivity contribution in [3.05, 3.63) is 29.8 Å². The molecule has 6 nitrogen and oxygen atoms in total. The van der Waals surface area contributed by atoms with Crippen LogP contribution in [0.1, 0.15) is 19.4 Å². The molecule has 0 saturated carbocycles. The van der Waals surface area contributed by atoms with Crippen LogP contribution in [0.3, 0.4) is 0 Å². The number of carbonyl (C=O) groups excluding carboxylic acids is 2. The molecule has 0 radical (unpaired) electrons. The van der Waals surface area contributed by atoms with E-state index in [1.54, 1.807) is 19.1 Å². The van der Waals surface area contributed by atoms with Crippen molar-refractivity contribution in [3.8, 4) is 5.75 Å². The molecule has 0 aliphatic carbocycles. The van der Waals surface area contributed by atoms with E-state index >= 15 is 0 Å². The molecule has 0 bridgehead atoms. The molecule has 1 aromatic rings. The second-order valence-electron chi connectivity index (χ2n) is 5.81. The summed E-state index contributed by atoms with van der Waals surface area (Å²) in [4.78, 5) is 25.2. The molecule has 2 N–H and O–H groups in total. The van der Waals surface area contributed by atoms with Crippen molar-refractivity contribution in [2.75, 3.05) is 33.8 Å². The molecule has 6 heteroatoms. The molecule has 0 aliphatic heterocycles. The van der Waals surface area contributed by atoms with Gasteiger partial charge < -0.3 is 15.4 Å². The first-order chi connectivity index (χ1) is 10.9. The molecular formula is C17H27N3O3. The van der Waals surface area contributed by atoms with Gasteiger partial charge in [0.15, 0.2) is 0 Å². The Kier molecular flexibility index (Phi) is 8.11. The number of ether oxygens (including phenoxy) is 1. The van der Waals surface area contributed by atoms with Crippen molar-refractivity contribution < 1.29 is 14.3 Å². The van der Waals surface area contributed by atoms with Gasteiger partial charge in [-0.05, 0) is 38.9 Å². The van der Waals surface area contributed by atoms with Gasteiger partial charge in [-0.2, -0.15) is 0 Å². The molecule has 128 valence electrons. The van der Waals surface area contributed by atoms with Crippen LogP contribution in [0.15, 0.2) is 24.3 Å². The van der Waals surface area contributed by atoms with Crippen molar-refractivity contribution >= 4 is 11.8 Å². The zero-order valence-electron chi connectivity index (χ0n) is 14.4. The van der Waals surface area contributed by atoms with Crippen LogP contribution in [0.4, 0.5) is 0 Å². The van der Waals surface area contributed by atoms with Crippen molar-refractivity contribution in [1.29, 1.82) is 0 Å². The van der Waals surface area contributed by atoms with E-state index in [9.17, 15) is 9.59 Å². The number of likely N-dealkylation sites (N-methyl/N-ethyl adjacent to an activating group) is 1. The summed E-state index contributed by atoms with van der Waals surface area (Å²) in [5.41, 5.74) is 1.06. The highest BCUT2D eigenvalue weighted by Crippen LogP contribution is 2.17. The van der Waals surface area contributed by atoms with Crippen LogP contribution in [0, 0.1) is 0 Å². The molecule has 0 fully saturated rings. The van der Waals surface area contributed by atoms with Crippen molar-refractivity contribution in [2.45, 2.75) is 26.3 Å². The minimum atomic E-state index is -0.0975. The number of para-hydroxylation sites is 1. The second-order valence-corrected chi connectivity index (χ2v) is 5.81. The van der Waals surface area contributed by atoms with Gasteiger partial charge in [0.05, 0.1) is 20.2 Å². The number of amides is 2. The van der Waals surface area contributed by atoms with Crippen LogP contribution in [-0.2, 0) is 16.0 Å². The number of hydrogen-bond donors (Lipinski definition) is 2. The lowest BCUT2D eigenvalue weighted by Crippen LogP contribution is -2.42. The summed E-state index contributed by atoms with van der Waals surface area (Å²) in [6.07, 6.45) is 0.702. The SMILES string of the molecule is COc1ccccc1CCNC(=O)CN(C)CC(=O)NC(C)C. The van der Waals surface area contributed by atoms with Crippen LogP contribution in [0.25, 0.3) is 0 Å². The first-order valence-corrected chi connectivity index (χ1v) is 7.79. The highest BCUT2D eigenvalue weighted by atomic mass is 16.5. The van der Waals surface area contributed by atoms with E-state index in [0.29, 0.717) is 13.0 Å². The standard InChI is InChI=1S/C17H27N3O3/c1-13(2)19-17(22)12-20(3)11-16(21)18-10-9-14-7-5-6-8-15(14)23-4/h5-8,13H,9-12H2,1-4H3,(H,18,21)(H,19,22). The van der Waals surface area contributed by atoms with E-state index in [2.05, 4.69) is 10.6 Å². The van der Waals surface area contributed by atoms with Gasteiger partial charge in [-0.15, -0.1) is 0 Å². The lowest BCUT2D eigenvalue weighted by molar-refractivity contribution is -0.124. The molecule has 0 saturated heterocycles. The van der Waals surface area contributed by atoms with Gasteiger partial charge in [0, 0.05) is 12.6 Å². The Bertz CT molecular complexity index is 518. The van der Waals surface area contributed by atoms with Gasteiger partial charge in [-0.25, -0.2) is 0 Å². The third kappa shape index (κ3) is 7.65. The number of hydrogen-bond acceptors (Lipinski definition) is 4. The fraction of sp³-hybridized carbons (Fsp3) is 0.529. The topological polar surface area (TPSA) is 70.7 Å². The molecule has 0 unspecified atom stereocenters. The van der Waals surface area contributed by atoms with Crippen molar-refractivity contribution in [3.63, 3.8) is 0 Å². The molecule has 2 amide bonds. The Labute approximate surface area is 138 Å². The van der Waals surface area contributed by atoms with Gasteiger partial charge in [-0.1, -0.05) is 18.2 Å². The summed E-state index contributed by atoms with van der Waals surface area (Å²) in [6, 6.07) is 7.84. The minimum Gasteiger partial charge on any atom is -0.496 e. The molecular weight excluding hydrogens is 294 g/mol. The lowest BCUT2D eigenvalue weighted by atomic mass is 10.1. The lowest BCUT2D eigenvalue weighted by Gasteiger charge is -2.17. The third-order valence-corrected chi connectivity index (χ3v) is 3.19. The van der Waals surface area contributed by atoms with Crippen LogP contribution in [0.2, 0.25) is 0 Å². The van der Waals surface area contributed by atoms with Crippen LogP contribution in [0.5, 0.6) is 5.75 Å². The first-order valence-electron chi connectivity index (χ1n) is 7.79. The van der Waals surface area contributed by atoms with Crippen molar-refractivity contribution in [2.24, 2.45) is 0 Å². The van der Waals surface area contributed by atoms with Gasteiger partial charge in [0.2, 0.25) is 11.8 Å². The maximum atomic E-state index is 11.9. The molecule has 23 heavy (non-hydrogen) atoms. The average molecular weight is 321 g/mol. The average Bonchev–Trinajstić information content (AvgIpc) is 2.46. The molecule has 1 rings (SSSR count). The Morgan fingerprint density at radius 1 is 1.17 bits per heavy atom. The summed E-state index contributed by atoms with van der Waals surface area (Å²) < 4.78 is 5.28. The second kappa shape index (κ2) is 9.84. The van der Waals surface area contributed by atoms with Crippen LogP contribution >= 0.6 is 0 Å². The zero-order valence-corrected chi connectivity index (χ0v) is 14.4. The number of nitrogens with one attached hydrogen (secondary N) is 2. The van der Waals surface area contributed by atoms with E-state index in [0.717, 1.165) is 11.3 Å². The molecule has 0 aromatic heterocycles. The Morgan fingerprint density at radius 2 is 1.83 bits per heavy atom. The van der Waals surface area contributed by atoms with Gasteiger partial charge in [-0.3, -0.25) is 14.5 Å². The van der Waals surface area contributed by atoms with Gasteiger partial charge in [0.25, 0.3) is 0 Å². The Hall–Kier alpha value is -2.08. The molecule has 0 aliphatic rings. The maximum Gasteiger partial charge on any atom is 0.234 e. The molecule has 0 atom stereocenters. The number of rotatable bonds is 9. The van der Waals surface area contributed by atoms with E-state index in [1.165, 1.54) is 0 Å². The summed E-state index contributed by atoms with van der Waals surface area (Å²) in [5.74, 6) is 0.647. The van der Waals surface area contributed by atoms with E-state index in [-0.39, 0.29) is 30.9 Å². The quantitative estimate of drug-likeness (QED) is 0.706. The van der Waals surface area contributed by atoms with Crippen LogP contribution < -0.4 is 15.4 Å². The predicted octanol–water partition coefficient (Wildman–Crippen LogP) is 0.810. The third-order valence-electron chi connectivity index (χ3n) is 3.19. The summed E-state index contributed by atoms with van der Waals surface area (Å²) >= 11 is 0. The predicted molar refractivity (Wildman–Crippen MR) is 90.5 cm³/mol. The monoisotopic (exact) mass is 321 g/mol. The summed E-state index contributed by atoms with van der Waals surface area (Å²) in [7, 11) is 3.38. The number of nitrogens with zero attached hydrogens (tertiary/aromatic N) is 1. The molecule has 1 aromatic carbocycles. The van der Waals surface area contributed by atoms with E-state index < -0.39 is 0 Å². The number of carbonyl (C=O) groups is 2. The molecule has 0 heterocycles. The largest absolute Gasteiger partial charge is 0.496 e. The Balaban J connectivity index is 2.30. The Morgan fingerprint density at radius 3 is 2.48 bits per heavy atom. The maximum absolute atomic E-state index is 11.9. The fourth-order valence-electron chi connectivity index (χ4n) is 2.22. The van der Waals surface area contributed by atoms with E-state index in [1.807, 2.05) is 38.1 Å². The zero-order chi connectivity index (χ0) is 17.2. The summed E-state index contributed by atoms with van der Waals surface area (Å²) in [5, 5.41) is 5.66.